The maximum Gasteiger partial charge on any atom is 0.573 e. The summed E-state index contributed by atoms with van der Waals surface area (Å²) in [5, 5.41) is 2.25. The molecule has 4 nitrogen and oxygen atoms in total. The highest BCUT2D eigenvalue weighted by Crippen LogP contribution is 2.39. The van der Waals surface area contributed by atoms with Gasteiger partial charge in [0.2, 0.25) is 0 Å². The van der Waals surface area contributed by atoms with E-state index in [-0.39, 0.29) is 16.8 Å². The molecule has 166 valence electrons. The Morgan fingerprint density at radius 3 is 2.00 bits per heavy atom. The molecule has 0 aliphatic rings. The van der Waals surface area contributed by atoms with Crippen LogP contribution in [0.1, 0.15) is 5.69 Å². The fraction of sp³-hybridized carbons (Fsp3) is 0.167. The molecular weight excluding hydrogens is 447 g/mol. The van der Waals surface area contributed by atoms with Crippen LogP contribution >= 0.6 is 0 Å². The average molecular weight is 456 g/mol. The van der Waals surface area contributed by atoms with Crippen molar-refractivity contribution in [1.29, 1.82) is 0 Å². The van der Waals surface area contributed by atoms with Gasteiger partial charge in [-0.1, -0.05) is 18.2 Å². The Bertz CT molecular complexity index is 1090. The molecule has 0 fully saturated rings. The number of rotatable bonds is 4. The van der Waals surface area contributed by atoms with Crippen molar-refractivity contribution in [3.05, 3.63) is 54.2 Å². The van der Waals surface area contributed by atoms with Crippen LogP contribution in [0.25, 0.3) is 10.9 Å². The summed E-state index contributed by atoms with van der Waals surface area (Å²) < 4.78 is 122. The lowest BCUT2D eigenvalue weighted by atomic mass is 10.1. The first-order chi connectivity index (χ1) is 14.2. The number of halogens is 9. The lowest BCUT2D eigenvalue weighted by molar-refractivity contribution is -0.275. The fourth-order valence-corrected chi connectivity index (χ4v) is 2.60. The lowest BCUT2D eigenvalue weighted by Crippen LogP contribution is -2.18. The van der Waals surface area contributed by atoms with Gasteiger partial charge < -0.3 is 14.8 Å². The Morgan fingerprint density at radius 2 is 1.39 bits per heavy atom. The number of aromatic nitrogens is 1. The third kappa shape index (κ3) is 5.83. The largest absolute Gasteiger partial charge is 0.573 e. The number of hydrogen-bond donors (Lipinski definition) is 1. The molecule has 0 saturated carbocycles. The van der Waals surface area contributed by atoms with Crippen molar-refractivity contribution in [3.8, 4) is 11.5 Å². The summed E-state index contributed by atoms with van der Waals surface area (Å²) in [5.41, 5.74) is -2.78. The van der Waals surface area contributed by atoms with E-state index >= 15 is 0 Å². The monoisotopic (exact) mass is 456 g/mol. The molecule has 3 rings (SSSR count). The highest BCUT2D eigenvalue weighted by atomic mass is 19.4. The number of anilines is 2. The van der Waals surface area contributed by atoms with Gasteiger partial charge in [-0.05, 0) is 24.3 Å². The Labute approximate surface area is 167 Å². The summed E-state index contributed by atoms with van der Waals surface area (Å²) >= 11 is 0. The molecule has 0 aliphatic heterocycles. The summed E-state index contributed by atoms with van der Waals surface area (Å²) in [7, 11) is 0. The first-order valence-electron chi connectivity index (χ1n) is 8.11. The quantitative estimate of drug-likeness (QED) is 0.439. The van der Waals surface area contributed by atoms with Crippen LogP contribution in [-0.4, -0.2) is 17.7 Å². The van der Waals surface area contributed by atoms with E-state index < -0.39 is 41.6 Å². The minimum atomic E-state index is -5.19. The van der Waals surface area contributed by atoms with E-state index in [4.69, 9.17) is 0 Å². The number of nitrogens with zero attached hydrogens (tertiary/aromatic N) is 1. The molecule has 1 aromatic heterocycles. The summed E-state index contributed by atoms with van der Waals surface area (Å²) in [4.78, 5) is 3.24. The zero-order chi connectivity index (χ0) is 23.0. The van der Waals surface area contributed by atoms with Crippen LogP contribution in [-0.2, 0) is 6.18 Å². The van der Waals surface area contributed by atoms with E-state index in [0.29, 0.717) is 6.07 Å². The van der Waals surface area contributed by atoms with Crippen molar-refractivity contribution in [2.75, 3.05) is 5.32 Å². The highest BCUT2D eigenvalue weighted by molar-refractivity contribution is 5.96. The summed E-state index contributed by atoms with van der Waals surface area (Å²) in [6.45, 7) is 0. The van der Waals surface area contributed by atoms with Crippen LogP contribution in [0.15, 0.2) is 48.5 Å². The third-order valence-corrected chi connectivity index (χ3v) is 3.67. The number of alkyl halides is 9. The third-order valence-electron chi connectivity index (χ3n) is 3.67. The Balaban J connectivity index is 2.11. The van der Waals surface area contributed by atoms with Crippen LogP contribution in [0, 0.1) is 0 Å². The molecule has 0 unspecified atom stereocenters. The number of pyridine rings is 1. The lowest BCUT2D eigenvalue weighted by Gasteiger charge is -2.17. The van der Waals surface area contributed by atoms with Gasteiger partial charge in [-0.25, -0.2) is 4.98 Å². The molecule has 2 aromatic carbocycles. The van der Waals surface area contributed by atoms with Gasteiger partial charge in [0, 0.05) is 17.1 Å². The van der Waals surface area contributed by atoms with E-state index in [1.54, 1.807) is 0 Å². The van der Waals surface area contributed by atoms with E-state index in [9.17, 15) is 39.5 Å². The van der Waals surface area contributed by atoms with Crippen LogP contribution in [0.5, 0.6) is 11.5 Å². The average Bonchev–Trinajstić information content (AvgIpc) is 2.59. The summed E-state index contributed by atoms with van der Waals surface area (Å²) in [6, 6.07) is 7.72. The Morgan fingerprint density at radius 1 is 0.742 bits per heavy atom. The normalized spacial score (nSPS) is 12.7. The Hall–Kier alpha value is -3.38. The van der Waals surface area contributed by atoms with Gasteiger partial charge in [0.25, 0.3) is 0 Å². The second-order valence-corrected chi connectivity index (χ2v) is 5.95. The minimum absolute atomic E-state index is 0.121. The molecule has 13 heteroatoms. The summed E-state index contributed by atoms with van der Waals surface area (Å²) in [6.07, 6.45) is -15.2. The number of hydrogen-bond acceptors (Lipinski definition) is 4. The van der Waals surface area contributed by atoms with Crippen molar-refractivity contribution in [2.24, 2.45) is 0 Å². The predicted molar refractivity (Wildman–Crippen MR) is 89.8 cm³/mol. The van der Waals surface area contributed by atoms with E-state index in [2.05, 4.69) is 19.8 Å². The number of ether oxygens (including phenoxy) is 2. The maximum absolute atomic E-state index is 13.3. The number of para-hydroxylation sites is 1. The van der Waals surface area contributed by atoms with Gasteiger partial charge in [0.1, 0.15) is 17.0 Å². The van der Waals surface area contributed by atoms with Crippen molar-refractivity contribution in [3.63, 3.8) is 0 Å². The summed E-state index contributed by atoms with van der Waals surface area (Å²) in [5.74, 6) is -1.64. The van der Waals surface area contributed by atoms with Crippen molar-refractivity contribution >= 4 is 22.3 Å². The molecule has 0 spiro atoms. The second-order valence-electron chi connectivity index (χ2n) is 5.95. The molecule has 0 bridgehead atoms. The molecule has 3 aromatic rings. The molecule has 0 amide bonds. The second kappa shape index (κ2) is 7.71. The van der Waals surface area contributed by atoms with Gasteiger partial charge >= 0.3 is 18.9 Å². The standard InChI is InChI=1S/C18H9F9N2O2/c19-16(20,21)14-8-12(28-9-3-1-4-10(7-9)30-17(22,23)24)11-5-2-6-13(15(11)29-14)31-18(25,26)27/h1-8H,(H,28,29). The van der Waals surface area contributed by atoms with Gasteiger partial charge in [0.05, 0.1) is 5.69 Å². The van der Waals surface area contributed by atoms with Crippen molar-refractivity contribution < 1.29 is 49.0 Å². The topological polar surface area (TPSA) is 43.4 Å². The van der Waals surface area contributed by atoms with Crippen LogP contribution in [0.4, 0.5) is 50.9 Å². The zero-order valence-electron chi connectivity index (χ0n) is 14.8. The molecule has 0 atom stereocenters. The van der Waals surface area contributed by atoms with E-state index in [1.165, 1.54) is 12.1 Å². The maximum atomic E-state index is 13.3. The van der Waals surface area contributed by atoms with Gasteiger partial charge in [-0.15, -0.1) is 26.3 Å². The van der Waals surface area contributed by atoms with Crippen LogP contribution in [0.2, 0.25) is 0 Å². The van der Waals surface area contributed by atoms with Crippen molar-refractivity contribution in [2.45, 2.75) is 18.9 Å². The first-order valence-corrected chi connectivity index (χ1v) is 8.11. The molecule has 31 heavy (non-hydrogen) atoms. The molecule has 0 aliphatic carbocycles. The Kier molecular flexibility index (Phi) is 5.54. The number of benzene rings is 2. The molecular formula is C18H9F9N2O2. The van der Waals surface area contributed by atoms with E-state index in [1.807, 2.05) is 0 Å². The molecule has 0 radical (unpaired) electrons. The first kappa shape index (κ1) is 22.3. The molecule has 1 heterocycles. The smallest absolute Gasteiger partial charge is 0.406 e. The number of nitrogens with one attached hydrogen (secondary N) is 1. The minimum Gasteiger partial charge on any atom is -0.406 e. The molecule has 1 N–H and O–H groups in total. The number of fused-ring (bicyclic) bond motifs is 1. The molecule has 0 saturated heterocycles. The van der Waals surface area contributed by atoms with Gasteiger partial charge in [-0.2, -0.15) is 13.2 Å². The van der Waals surface area contributed by atoms with Crippen LogP contribution < -0.4 is 14.8 Å². The highest BCUT2D eigenvalue weighted by Gasteiger charge is 2.36. The fourth-order valence-electron chi connectivity index (χ4n) is 2.60. The zero-order valence-corrected chi connectivity index (χ0v) is 14.8. The van der Waals surface area contributed by atoms with Crippen LogP contribution in [0.3, 0.4) is 0 Å². The van der Waals surface area contributed by atoms with Gasteiger partial charge in [0.15, 0.2) is 5.75 Å². The van der Waals surface area contributed by atoms with Gasteiger partial charge in [-0.3, -0.25) is 0 Å². The predicted octanol–water partition coefficient (Wildman–Crippen LogP) is 6.79. The van der Waals surface area contributed by atoms with E-state index in [0.717, 1.165) is 30.3 Å². The SMILES string of the molecule is FC(F)(F)Oc1cccc(Nc2cc(C(F)(F)F)nc3c(OC(F)(F)F)cccc23)c1. The van der Waals surface area contributed by atoms with Crippen molar-refractivity contribution in [1.82, 2.24) is 4.98 Å².